The van der Waals surface area contributed by atoms with Crippen molar-refractivity contribution >= 4 is 17.3 Å². The van der Waals surface area contributed by atoms with Gasteiger partial charge in [0.1, 0.15) is 0 Å². The molecule has 0 fully saturated rings. The van der Waals surface area contributed by atoms with Crippen LogP contribution in [0.25, 0.3) is 0 Å². The van der Waals surface area contributed by atoms with E-state index < -0.39 is 0 Å². The predicted octanol–water partition coefficient (Wildman–Crippen LogP) is 2.51. The topological polar surface area (TPSA) is 46.3 Å². The molecule has 0 saturated heterocycles. The molecule has 17 heavy (non-hydrogen) atoms. The number of carbonyl (C=O) groups excluding carboxylic acids is 1. The van der Waals surface area contributed by atoms with E-state index in [4.69, 9.17) is 5.73 Å². The number of nitrogen functional groups attached to an aromatic ring is 1. The molecule has 3 heteroatoms. The van der Waals surface area contributed by atoms with Gasteiger partial charge in [0.2, 0.25) is 5.91 Å². The van der Waals surface area contributed by atoms with E-state index in [2.05, 4.69) is 6.07 Å². The molecular formula is C14H20N2O. The number of aryl methyl sites for hydroxylation is 1. The van der Waals surface area contributed by atoms with E-state index in [1.165, 1.54) is 5.56 Å². The lowest BCUT2D eigenvalue weighted by Gasteiger charge is -2.26. The summed E-state index contributed by atoms with van der Waals surface area (Å²) in [5.74, 6) is 0.166. The van der Waals surface area contributed by atoms with Crippen LogP contribution in [0.5, 0.6) is 0 Å². The molecule has 0 spiro atoms. The number of nitrogens with two attached hydrogens (primary N) is 1. The standard InChI is InChI=1S/C14H20N2O/c1-9-7-10-5-6-16(12(10)8-11(9)15)13(17)14(2,3)4/h7-8H,5-6,15H2,1-4H3. The van der Waals surface area contributed by atoms with Crippen molar-refractivity contribution in [2.75, 3.05) is 17.2 Å². The number of nitrogens with zero attached hydrogens (tertiary/aromatic N) is 1. The van der Waals surface area contributed by atoms with E-state index in [1.54, 1.807) is 0 Å². The van der Waals surface area contributed by atoms with Crippen molar-refractivity contribution in [3.63, 3.8) is 0 Å². The molecule has 0 radical (unpaired) electrons. The minimum Gasteiger partial charge on any atom is -0.398 e. The highest BCUT2D eigenvalue weighted by molar-refractivity contribution is 5.99. The number of anilines is 2. The third kappa shape index (κ3) is 2.02. The molecule has 0 saturated carbocycles. The van der Waals surface area contributed by atoms with E-state index >= 15 is 0 Å². The Morgan fingerprint density at radius 2 is 2.00 bits per heavy atom. The zero-order valence-corrected chi connectivity index (χ0v) is 11.0. The van der Waals surface area contributed by atoms with Crippen LogP contribution in [0.4, 0.5) is 11.4 Å². The Morgan fingerprint density at radius 1 is 1.35 bits per heavy atom. The van der Waals surface area contributed by atoms with Crippen LogP contribution in [0, 0.1) is 12.3 Å². The van der Waals surface area contributed by atoms with Crippen molar-refractivity contribution in [1.82, 2.24) is 0 Å². The normalized spacial score (nSPS) is 14.9. The van der Waals surface area contributed by atoms with Gasteiger partial charge in [-0.15, -0.1) is 0 Å². The number of fused-ring (bicyclic) bond motifs is 1. The van der Waals surface area contributed by atoms with Gasteiger partial charge in [-0.05, 0) is 30.5 Å². The van der Waals surface area contributed by atoms with Crippen LogP contribution in [-0.4, -0.2) is 12.5 Å². The molecule has 2 rings (SSSR count). The summed E-state index contributed by atoms with van der Waals surface area (Å²) < 4.78 is 0. The lowest BCUT2D eigenvalue weighted by atomic mass is 9.94. The smallest absolute Gasteiger partial charge is 0.232 e. The van der Waals surface area contributed by atoms with Crippen LogP contribution >= 0.6 is 0 Å². The Labute approximate surface area is 103 Å². The molecular weight excluding hydrogens is 212 g/mol. The minimum atomic E-state index is -0.346. The third-order valence-corrected chi connectivity index (χ3v) is 3.25. The average molecular weight is 232 g/mol. The molecule has 0 bridgehead atoms. The molecule has 3 nitrogen and oxygen atoms in total. The number of amides is 1. The van der Waals surface area contributed by atoms with E-state index in [0.717, 1.165) is 29.9 Å². The van der Waals surface area contributed by atoms with Crippen molar-refractivity contribution in [2.24, 2.45) is 5.41 Å². The van der Waals surface area contributed by atoms with Crippen molar-refractivity contribution in [2.45, 2.75) is 34.1 Å². The minimum absolute atomic E-state index is 0.166. The summed E-state index contributed by atoms with van der Waals surface area (Å²) in [5, 5.41) is 0. The molecule has 1 aromatic rings. The first-order chi connectivity index (χ1) is 7.80. The van der Waals surface area contributed by atoms with E-state index in [1.807, 2.05) is 38.7 Å². The molecule has 92 valence electrons. The van der Waals surface area contributed by atoms with E-state index in [9.17, 15) is 4.79 Å². The molecule has 0 unspecified atom stereocenters. The van der Waals surface area contributed by atoms with Gasteiger partial charge in [-0.1, -0.05) is 26.8 Å². The van der Waals surface area contributed by atoms with Crippen molar-refractivity contribution < 1.29 is 4.79 Å². The Kier molecular flexibility index (Phi) is 2.64. The maximum absolute atomic E-state index is 12.3. The summed E-state index contributed by atoms with van der Waals surface area (Å²) in [6.07, 6.45) is 0.929. The van der Waals surface area contributed by atoms with Gasteiger partial charge in [0.25, 0.3) is 0 Å². The van der Waals surface area contributed by atoms with Gasteiger partial charge in [-0.3, -0.25) is 4.79 Å². The molecule has 1 aromatic carbocycles. The van der Waals surface area contributed by atoms with Crippen LogP contribution in [0.1, 0.15) is 31.9 Å². The van der Waals surface area contributed by atoms with Gasteiger partial charge in [0.15, 0.2) is 0 Å². The highest BCUT2D eigenvalue weighted by atomic mass is 16.2. The van der Waals surface area contributed by atoms with Gasteiger partial charge in [0, 0.05) is 23.3 Å². The monoisotopic (exact) mass is 232 g/mol. The van der Waals surface area contributed by atoms with Crippen molar-refractivity contribution in [3.05, 3.63) is 23.3 Å². The highest BCUT2D eigenvalue weighted by Gasteiger charge is 2.32. The average Bonchev–Trinajstić information content (AvgIpc) is 2.59. The summed E-state index contributed by atoms with van der Waals surface area (Å²) in [6, 6.07) is 4.03. The first-order valence-electron chi connectivity index (χ1n) is 6.01. The fourth-order valence-electron chi connectivity index (χ4n) is 2.19. The second kappa shape index (κ2) is 3.76. The zero-order valence-electron chi connectivity index (χ0n) is 11.0. The maximum atomic E-state index is 12.3. The fraction of sp³-hybridized carbons (Fsp3) is 0.500. The van der Waals surface area contributed by atoms with Crippen LogP contribution in [0.2, 0.25) is 0 Å². The first-order valence-corrected chi connectivity index (χ1v) is 6.01. The second-order valence-electron chi connectivity index (χ2n) is 5.79. The second-order valence-corrected chi connectivity index (χ2v) is 5.79. The summed E-state index contributed by atoms with van der Waals surface area (Å²) in [6.45, 7) is 8.62. The first kappa shape index (κ1) is 12.0. The van der Waals surface area contributed by atoms with Gasteiger partial charge in [-0.2, -0.15) is 0 Å². The number of carbonyl (C=O) groups is 1. The van der Waals surface area contributed by atoms with Gasteiger partial charge >= 0.3 is 0 Å². The number of benzene rings is 1. The molecule has 1 aliphatic heterocycles. The number of hydrogen-bond donors (Lipinski definition) is 1. The van der Waals surface area contributed by atoms with Crippen LogP contribution in [-0.2, 0) is 11.2 Å². The quantitative estimate of drug-likeness (QED) is 0.699. The number of rotatable bonds is 0. The van der Waals surface area contributed by atoms with E-state index in [0.29, 0.717) is 0 Å². The molecule has 0 aromatic heterocycles. The summed E-state index contributed by atoms with van der Waals surface area (Å²) >= 11 is 0. The van der Waals surface area contributed by atoms with Crippen LogP contribution in [0.3, 0.4) is 0 Å². The van der Waals surface area contributed by atoms with Crippen LogP contribution < -0.4 is 10.6 Å². The van der Waals surface area contributed by atoms with Gasteiger partial charge in [-0.25, -0.2) is 0 Å². The zero-order chi connectivity index (χ0) is 12.8. The summed E-state index contributed by atoms with van der Waals surface area (Å²) in [7, 11) is 0. The molecule has 1 aliphatic rings. The molecule has 1 amide bonds. The molecule has 0 aliphatic carbocycles. The van der Waals surface area contributed by atoms with Crippen LogP contribution in [0.15, 0.2) is 12.1 Å². The number of hydrogen-bond acceptors (Lipinski definition) is 2. The van der Waals surface area contributed by atoms with E-state index in [-0.39, 0.29) is 11.3 Å². The highest BCUT2D eigenvalue weighted by Crippen LogP contribution is 2.34. The Hall–Kier alpha value is -1.51. The van der Waals surface area contributed by atoms with Gasteiger partial charge < -0.3 is 10.6 Å². The lowest BCUT2D eigenvalue weighted by molar-refractivity contribution is -0.125. The fourth-order valence-corrected chi connectivity index (χ4v) is 2.19. The largest absolute Gasteiger partial charge is 0.398 e. The van der Waals surface area contributed by atoms with Crippen molar-refractivity contribution in [3.8, 4) is 0 Å². The maximum Gasteiger partial charge on any atom is 0.232 e. The molecule has 1 heterocycles. The Balaban J connectivity index is 2.41. The summed E-state index contributed by atoms with van der Waals surface area (Å²) in [5.41, 5.74) is 9.66. The molecule has 2 N–H and O–H groups in total. The molecule has 0 atom stereocenters. The third-order valence-electron chi connectivity index (χ3n) is 3.25. The predicted molar refractivity (Wildman–Crippen MR) is 71.1 cm³/mol. The lowest BCUT2D eigenvalue weighted by Crippen LogP contribution is -2.38. The van der Waals surface area contributed by atoms with Gasteiger partial charge in [0.05, 0.1) is 0 Å². The van der Waals surface area contributed by atoms with Crippen molar-refractivity contribution in [1.29, 1.82) is 0 Å². The summed E-state index contributed by atoms with van der Waals surface area (Å²) in [4.78, 5) is 14.2. The Bertz CT molecular complexity index is 472. The SMILES string of the molecule is Cc1cc2c(cc1N)N(C(=O)C(C)(C)C)CC2. The Morgan fingerprint density at radius 3 is 2.59 bits per heavy atom.